The zero-order chi connectivity index (χ0) is 50.3. The fourth-order valence-corrected chi connectivity index (χ4v) is 9.50. The number of unbranched alkanes of at least 4 members (excludes halogenated alkanes) is 18. The zero-order valence-corrected chi connectivity index (χ0v) is 45.3. The summed E-state index contributed by atoms with van der Waals surface area (Å²) in [6.07, 6.45) is 25.3. The molecule has 0 bridgehead atoms. The maximum Gasteiger partial charge on any atom is 0.410 e. The topological polar surface area (TPSA) is 186 Å². The predicted molar refractivity (Wildman–Crippen MR) is 289 cm³/mol. The summed E-state index contributed by atoms with van der Waals surface area (Å²) in [6.45, 7) is 19.4. The minimum absolute atomic E-state index is 0.0746. The molecular weight excluding hydrogens is 942 g/mol. The summed E-state index contributed by atoms with van der Waals surface area (Å²) in [4.78, 5) is 68.1. The molecule has 3 fully saturated rings. The maximum absolute atomic E-state index is 12.9. The molecule has 1 amide bonds. The summed E-state index contributed by atoms with van der Waals surface area (Å²) >= 11 is 12.2. The summed E-state index contributed by atoms with van der Waals surface area (Å²) < 4.78 is 5.67. The number of carbonyl (C=O) groups is 1. The SMILES string of the molecule is CCCCCCCCCCCCNc1nc(N2CCN(C(=O)OC(C)(C)C)CC2)nc(N2CCN(c3nc(NCCCCCCCCCCCC)nc(N4CCN(c5nc(Cl)nc(Cl)n5)CC4)n3)CC2)n1. The van der Waals surface area contributed by atoms with Crippen LogP contribution in [0.25, 0.3) is 0 Å². The fraction of sp³-hybridized carbons (Fsp3) is 0.800. The number of ether oxygens (including phenoxy) is 1. The van der Waals surface area contributed by atoms with E-state index >= 15 is 0 Å². The molecule has 0 aromatic carbocycles. The van der Waals surface area contributed by atoms with E-state index in [9.17, 15) is 4.79 Å². The van der Waals surface area contributed by atoms with Crippen molar-refractivity contribution in [2.75, 3.05) is 127 Å². The number of aromatic nitrogens is 9. The number of carbonyl (C=O) groups excluding carboxylic acids is 1. The summed E-state index contributed by atoms with van der Waals surface area (Å²) in [5.41, 5.74) is -0.549. The van der Waals surface area contributed by atoms with E-state index in [-0.39, 0.29) is 16.7 Å². The Labute approximate surface area is 434 Å². The van der Waals surface area contributed by atoms with Crippen molar-refractivity contribution in [3.63, 3.8) is 0 Å². The van der Waals surface area contributed by atoms with Crippen molar-refractivity contribution >= 4 is 70.9 Å². The summed E-state index contributed by atoms with van der Waals surface area (Å²) in [6, 6.07) is 0. The van der Waals surface area contributed by atoms with Crippen LogP contribution in [0.15, 0.2) is 0 Å². The van der Waals surface area contributed by atoms with E-state index in [4.69, 9.17) is 57.8 Å². The summed E-state index contributed by atoms with van der Waals surface area (Å²) in [5, 5.41) is 7.25. The molecule has 19 nitrogen and oxygen atoms in total. The lowest BCUT2D eigenvalue weighted by Crippen LogP contribution is -2.51. The highest BCUT2D eigenvalue weighted by Gasteiger charge is 2.30. The second-order valence-electron chi connectivity index (χ2n) is 20.3. The quantitative estimate of drug-likeness (QED) is 0.0625. The Morgan fingerprint density at radius 1 is 0.423 bits per heavy atom. The zero-order valence-electron chi connectivity index (χ0n) is 43.8. The van der Waals surface area contributed by atoms with Crippen molar-refractivity contribution in [1.82, 2.24) is 49.8 Å². The molecule has 3 aromatic rings. The van der Waals surface area contributed by atoms with E-state index in [1.54, 1.807) is 4.90 Å². The van der Waals surface area contributed by atoms with Crippen LogP contribution in [0, 0.1) is 0 Å². The molecule has 0 spiro atoms. The third kappa shape index (κ3) is 19.4. The highest BCUT2D eigenvalue weighted by Crippen LogP contribution is 2.25. The number of amides is 1. The van der Waals surface area contributed by atoms with Crippen LogP contribution >= 0.6 is 23.2 Å². The number of nitrogens with zero attached hydrogens (tertiary/aromatic N) is 15. The molecule has 2 N–H and O–H groups in total. The lowest BCUT2D eigenvalue weighted by molar-refractivity contribution is 0.0240. The first-order chi connectivity index (χ1) is 34.5. The van der Waals surface area contributed by atoms with Crippen molar-refractivity contribution in [3.05, 3.63) is 10.6 Å². The van der Waals surface area contributed by atoms with Crippen molar-refractivity contribution in [3.8, 4) is 0 Å². The Morgan fingerprint density at radius 3 is 1.01 bits per heavy atom. The molecule has 21 heteroatoms. The average Bonchev–Trinajstić information content (AvgIpc) is 3.36. The third-order valence-corrected chi connectivity index (χ3v) is 13.7. The van der Waals surface area contributed by atoms with Gasteiger partial charge in [-0.15, -0.1) is 0 Å². The van der Waals surface area contributed by atoms with Crippen molar-refractivity contribution < 1.29 is 9.53 Å². The Kier molecular flexibility index (Phi) is 23.5. The van der Waals surface area contributed by atoms with E-state index in [1.807, 2.05) is 20.8 Å². The largest absolute Gasteiger partial charge is 0.444 e. The van der Waals surface area contributed by atoms with Crippen LogP contribution in [-0.4, -0.2) is 153 Å². The number of anilines is 7. The summed E-state index contributed by atoms with van der Waals surface area (Å²) in [5.74, 6) is 4.19. The normalized spacial score (nSPS) is 15.7. The fourth-order valence-electron chi connectivity index (χ4n) is 9.14. The molecule has 0 aliphatic carbocycles. The highest BCUT2D eigenvalue weighted by molar-refractivity contribution is 6.31. The molecule has 0 saturated carbocycles. The molecule has 3 aliphatic rings. The predicted octanol–water partition coefficient (Wildman–Crippen LogP) is 9.92. The monoisotopic (exact) mass is 1030 g/mol. The van der Waals surface area contributed by atoms with Crippen LogP contribution < -0.4 is 35.1 Å². The van der Waals surface area contributed by atoms with Crippen LogP contribution in [0.2, 0.25) is 10.6 Å². The molecule has 0 radical (unpaired) electrons. The van der Waals surface area contributed by atoms with Crippen molar-refractivity contribution in [2.24, 2.45) is 0 Å². The van der Waals surface area contributed by atoms with E-state index in [0.717, 1.165) is 25.9 Å². The van der Waals surface area contributed by atoms with Gasteiger partial charge in [-0.2, -0.15) is 44.9 Å². The molecule has 0 atom stereocenters. The molecule has 3 aromatic heterocycles. The Balaban J connectivity index is 1.09. The van der Waals surface area contributed by atoms with E-state index < -0.39 is 5.60 Å². The van der Waals surface area contributed by atoms with Gasteiger partial charge in [0.15, 0.2) is 0 Å². The number of piperazine rings is 3. The lowest BCUT2D eigenvalue weighted by Gasteiger charge is -2.37. The number of hydrogen-bond acceptors (Lipinski definition) is 18. The van der Waals surface area contributed by atoms with Gasteiger partial charge < -0.3 is 44.8 Å². The second-order valence-corrected chi connectivity index (χ2v) is 21.0. The van der Waals surface area contributed by atoms with Gasteiger partial charge in [0, 0.05) is 91.6 Å². The molecule has 3 aliphatic heterocycles. The van der Waals surface area contributed by atoms with Crippen LogP contribution in [0.5, 0.6) is 0 Å². The minimum Gasteiger partial charge on any atom is -0.444 e. The Bertz CT molecular complexity index is 1990. The van der Waals surface area contributed by atoms with Gasteiger partial charge in [-0.05, 0) is 56.8 Å². The lowest BCUT2D eigenvalue weighted by atomic mass is 10.1. The molecule has 3 saturated heterocycles. The van der Waals surface area contributed by atoms with Crippen LogP contribution in [0.4, 0.5) is 46.4 Å². The Hall–Kier alpha value is -4.52. The van der Waals surface area contributed by atoms with E-state index in [0.29, 0.717) is 120 Å². The van der Waals surface area contributed by atoms with Gasteiger partial charge in [0.1, 0.15) is 5.60 Å². The van der Waals surface area contributed by atoms with Gasteiger partial charge in [0.25, 0.3) is 0 Å². The van der Waals surface area contributed by atoms with Crippen LogP contribution in [0.3, 0.4) is 0 Å². The second kappa shape index (κ2) is 29.9. The van der Waals surface area contributed by atoms with Gasteiger partial charge in [0.05, 0.1) is 0 Å². The molecule has 6 heterocycles. The summed E-state index contributed by atoms with van der Waals surface area (Å²) in [7, 11) is 0. The van der Waals surface area contributed by atoms with Crippen molar-refractivity contribution in [2.45, 2.75) is 169 Å². The van der Waals surface area contributed by atoms with Crippen molar-refractivity contribution in [1.29, 1.82) is 0 Å². The first-order valence-corrected chi connectivity index (χ1v) is 28.0. The Morgan fingerprint density at radius 2 is 0.704 bits per heavy atom. The third-order valence-electron chi connectivity index (χ3n) is 13.3. The van der Waals surface area contributed by atoms with Gasteiger partial charge >= 0.3 is 6.09 Å². The molecule has 0 unspecified atom stereocenters. The van der Waals surface area contributed by atoms with Crippen LogP contribution in [-0.2, 0) is 4.74 Å². The number of rotatable bonds is 29. The number of halogens is 2. The number of hydrogen-bond donors (Lipinski definition) is 2. The first-order valence-electron chi connectivity index (χ1n) is 27.3. The van der Waals surface area contributed by atoms with E-state index in [2.05, 4.69) is 63.9 Å². The molecule has 6 rings (SSSR count). The molecular formula is C50H85Cl2N17O2. The standard InChI is InChI=1S/C50H85Cl2N17O2/c1-6-8-10-12-14-16-18-20-22-24-26-53-42-58-45(65-30-28-64(29-31-65)44-56-40(51)55-41(52)57-44)62-46(59-42)66-32-34-67(35-33-66)47-60-43(54-27-25-23-21-19-17-15-13-11-9-7-2)61-48(63-47)68-36-38-69(39-37-68)49(70)71-50(3,4)5/h6-39H2,1-5H3,(H,53,58,59,62)(H,54,60,61,63). The van der Waals surface area contributed by atoms with Gasteiger partial charge in [-0.3, -0.25) is 0 Å². The minimum atomic E-state index is -0.549. The highest BCUT2D eigenvalue weighted by atomic mass is 35.5. The van der Waals surface area contributed by atoms with Gasteiger partial charge in [0.2, 0.25) is 52.2 Å². The number of nitrogens with one attached hydrogen (secondary N) is 2. The smallest absolute Gasteiger partial charge is 0.410 e. The maximum atomic E-state index is 12.9. The van der Waals surface area contributed by atoms with Gasteiger partial charge in [-0.25, -0.2) is 4.79 Å². The van der Waals surface area contributed by atoms with Gasteiger partial charge in [-0.1, -0.05) is 129 Å². The van der Waals surface area contributed by atoms with Crippen LogP contribution in [0.1, 0.15) is 163 Å². The molecule has 396 valence electrons. The first kappa shape index (κ1) is 55.8. The average molecular weight is 1030 g/mol. The van der Waals surface area contributed by atoms with E-state index in [1.165, 1.54) is 116 Å². The molecule has 71 heavy (non-hydrogen) atoms.